The minimum Gasteiger partial charge on any atom is -0.465 e. The molecular weight excluding hydrogens is 252 g/mol. The van der Waals surface area contributed by atoms with Crippen LogP contribution in [0.5, 0.6) is 0 Å². The highest BCUT2D eigenvalue weighted by molar-refractivity contribution is 5.89. The number of carbonyl (C=O) groups is 1. The summed E-state index contributed by atoms with van der Waals surface area (Å²) in [4.78, 5) is 13.8. The van der Waals surface area contributed by atoms with Crippen LogP contribution < -0.4 is 5.32 Å². The molecule has 0 spiro atoms. The topological polar surface area (TPSA) is 41.6 Å². The molecule has 1 atom stereocenters. The summed E-state index contributed by atoms with van der Waals surface area (Å²) < 4.78 is 4.71. The Morgan fingerprint density at radius 2 is 2.05 bits per heavy atom. The molecule has 1 N–H and O–H groups in total. The molecule has 1 aliphatic rings. The molecule has 0 radical (unpaired) electrons. The van der Waals surface area contributed by atoms with Gasteiger partial charge in [-0.05, 0) is 57.1 Å². The molecule has 0 aromatic heterocycles. The Morgan fingerprint density at radius 3 is 2.75 bits per heavy atom. The molecule has 1 aliphatic heterocycles. The number of nitrogens with zero attached hydrogens (tertiary/aromatic N) is 1. The van der Waals surface area contributed by atoms with Gasteiger partial charge in [-0.25, -0.2) is 4.79 Å². The monoisotopic (exact) mass is 276 g/mol. The predicted molar refractivity (Wildman–Crippen MR) is 79.8 cm³/mol. The smallest absolute Gasteiger partial charge is 0.337 e. The molecule has 2 rings (SSSR count). The van der Waals surface area contributed by atoms with Crippen LogP contribution in [0.2, 0.25) is 0 Å². The lowest BCUT2D eigenvalue weighted by Gasteiger charge is -2.26. The fourth-order valence-electron chi connectivity index (χ4n) is 2.72. The van der Waals surface area contributed by atoms with Gasteiger partial charge in [0, 0.05) is 12.6 Å². The summed E-state index contributed by atoms with van der Waals surface area (Å²) in [6.45, 7) is 3.17. The average molecular weight is 276 g/mol. The van der Waals surface area contributed by atoms with E-state index in [2.05, 4.69) is 17.3 Å². The standard InChI is InChI=1S/C16H24N2O2/c1-18(15-4-3-10-17-11-9-15)12-13-5-7-14(8-6-13)16(19)20-2/h5-8,15,17H,3-4,9-12H2,1-2H3. The van der Waals surface area contributed by atoms with Gasteiger partial charge in [0.15, 0.2) is 0 Å². The lowest BCUT2D eigenvalue weighted by molar-refractivity contribution is 0.0600. The maximum Gasteiger partial charge on any atom is 0.337 e. The van der Waals surface area contributed by atoms with E-state index in [1.807, 2.05) is 24.3 Å². The highest BCUT2D eigenvalue weighted by atomic mass is 16.5. The van der Waals surface area contributed by atoms with E-state index in [9.17, 15) is 4.79 Å². The van der Waals surface area contributed by atoms with Crippen molar-refractivity contribution in [2.45, 2.75) is 31.8 Å². The van der Waals surface area contributed by atoms with E-state index in [-0.39, 0.29) is 5.97 Å². The Hall–Kier alpha value is -1.39. The van der Waals surface area contributed by atoms with Crippen LogP contribution in [-0.4, -0.2) is 44.2 Å². The number of ether oxygens (including phenoxy) is 1. The molecular formula is C16H24N2O2. The van der Waals surface area contributed by atoms with Crippen molar-refractivity contribution in [3.8, 4) is 0 Å². The fourth-order valence-corrected chi connectivity index (χ4v) is 2.72. The van der Waals surface area contributed by atoms with Crippen LogP contribution in [0.4, 0.5) is 0 Å². The normalized spacial score (nSPS) is 19.6. The number of esters is 1. The van der Waals surface area contributed by atoms with Gasteiger partial charge in [0.05, 0.1) is 12.7 Å². The van der Waals surface area contributed by atoms with Gasteiger partial charge in [-0.15, -0.1) is 0 Å². The lowest BCUT2D eigenvalue weighted by atomic mass is 10.1. The van der Waals surface area contributed by atoms with Crippen molar-refractivity contribution >= 4 is 5.97 Å². The minimum atomic E-state index is -0.278. The zero-order chi connectivity index (χ0) is 14.4. The van der Waals surface area contributed by atoms with Crippen LogP contribution in [0, 0.1) is 0 Å². The number of benzene rings is 1. The molecule has 0 bridgehead atoms. The molecule has 1 unspecified atom stereocenters. The summed E-state index contributed by atoms with van der Waals surface area (Å²) in [6.07, 6.45) is 3.71. The Balaban J connectivity index is 1.93. The van der Waals surface area contributed by atoms with Gasteiger partial charge in [-0.2, -0.15) is 0 Å². The van der Waals surface area contributed by atoms with Gasteiger partial charge in [-0.3, -0.25) is 4.90 Å². The lowest BCUT2D eigenvalue weighted by Crippen LogP contribution is -2.32. The molecule has 0 aliphatic carbocycles. The van der Waals surface area contributed by atoms with Crippen molar-refractivity contribution in [2.75, 3.05) is 27.2 Å². The van der Waals surface area contributed by atoms with E-state index in [1.54, 1.807) is 0 Å². The first-order chi connectivity index (χ1) is 9.70. The number of hydrogen-bond donors (Lipinski definition) is 1. The van der Waals surface area contributed by atoms with Crippen molar-refractivity contribution in [1.29, 1.82) is 0 Å². The first-order valence-electron chi connectivity index (χ1n) is 7.29. The van der Waals surface area contributed by atoms with Crippen molar-refractivity contribution in [1.82, 2.24) is 10.2 Å². The summed E-state index contributed by atoms with van der Waals surface area (Å²) in [5.74, 6) is -0.278. The molecule has 4 heteroatoms. The zero-order valence-corrected chi connectivity index (χ0v) is 12.4. The molecule has 1 aromatic carbocycles. The van der Waals surface area contributed by atoms with E-state index in [1.165, 1.54) is 31.9 Å². The van der Waals surface area contributed by atoms with Crippen LogP contribution in [-0.2, 0) is 11.3 Å². The maximum atomic E-state index is 11.4. The number of nitrogens with one attached hydrogen (secondary N) is 1. The van der Waals surface area contributed by atoms with E-state index in [0.717, 1.165) is 19.6 Å². The van der Waals surface area contributed by atoms with E-state index < -0.39 is 0 Å². The van der Waals surface area contributed by atoms with Crippen LogP contribution in [0.3, 0.4) is 0 Å². The molecule has 0 saturated carbocycles. The second-order valence-electron chi connectivity index (χ2n) is 5.44. The van der Waals surface area contributed by atoms with Crippen molar-refractivity contribution in [2.24, 2.45) is 0 Å². The Labute approximate surface area is 121 Å². The molecule has 1 aromatic rings. The van der Waals surface area contributed by atoms with Gasteiger partial charge in [-0.1, -0.05) is 12.1 Å². The number of rotatable bonds is 4. The SMILES string of the molecule is COC(=O)c1ccc(CN(C)C2CCCNCC2)cc1. The molecule has 1 fully saturated rings. The number of carbonyl (C=O) groups excluding carboxylic acids is 1. The van der Waals surface area contributed by atoms with Crippen LogP contribution in [0.25, 0.3) is 0 Å². The quantitative estimate of drug-likeness (QED) is 0.855. The second-order valence-corrected chi connectivity index (χ2v) is 5.44. The molecule has 1 heterocycles. The van der Waals surface area contributed by atoms with Crippen LogP contribution >= 0.6 is 0 Å². The summed E-state index contributed by atoms with van der Waals surface area (Å²) in [5.41, 5.74) is 1.84. The largest absolute Gasteiger partial charge is 0.465 e. The Morgan fingerprint density at radius 1 is 1.30 bits per heavy atom. The highest BCUT2D eigenvalue weighted by Gasteiger charge is 2.16. The fraction of sp³-hybridized carbons (Fsp3) is 0.562. The molecule has 20 heavy (non-hydrogen) atoms. The zero-order valence-electron chi connectivity index (χ0n) is 12.4. The van der Waals surface area contributed by atoms with Gasteiger partial charge < -0.3 is 10.1 Å². The summed E-state index contributed by atoms with van der Waals surface area (Å²) >= 11 is 0. The number of methoxy groups -OCH3 is 1. The van der Waals surface area contributed by atoms with E-state index in [4.69, 9.17) is 4.74 Å². The Kier molecular flexibility index (Phi) is 5.56. The van der Waals surface area contributed by atoms with Gasteiger partial charge in [0.25, 0.3) is 0 Å². The third-order valence-electron chi connectivity index (χ3n) is 3.98. The number of hydrogen-bond acceptors (Lipinski definition) is 4. The van der Waals surface area contributed by atoms with Gasteiger partial charge in [0.2, 0.25) is 0 Å². The summed E-state index contributed by atoms with van der Waals surface area (Å²) in [6, 6.07) is 8.34. The van der Waals surface area contributed by atoms with E-state index in [0.29, 0.717) is 11.6 Å². The van der Waals surface area contributed by atoms with Crippen LogP contribution in [0.15, 0.2) is 24.3 Å². The highest BCUT2D eigenvalue weighted by Crippen LogP contribution is 2.15. The van der Waals surface area contributed by atoms with E-state index >= 15 is 0 Å². The second kappa shape index (κ2) is 7.41. The Bertz CT molecular complexity index is 423. The molecule has 110 valence electrons. The molecule has 0 amide bonds. The van der Waals surface area contributed by atoms with Gasteiger partial charge >= 0.3 is 5.97 Å². The first-order valence-corrected chi connectivity index (χ1v) is 7.29. The van der Waals surface area contributed by atoms with Gasteiger partial charge in [0.1, 0.15) is 0 Å². The van der Waals surface area contributed by atoms with Crippen molar-refractivity contribution in [3.05, 3.63) is 35.4 Å². The molecule has 1 saturated heterocycles. The van der Waals surface area contributed by atoms with Crippen molar-refractivity contribution < 1.29 is 9.53 Å². The average Bonchev–Trinajstić information content (AvgIpc) is 2.76. The minimum absolute atomic E-state index is 0.278. The maximum absolute atomic E-state index is 11.4. The molecule has 4 nitrogen and oxygen atoms in total. The van der Waals surface area contributed by atoms with Crippen molar-refractivity contribution in [3.63, 3.8) is 0 Å². The third-order valence-corrected chi connectivity index (χ3v) is 3.98. The summed E-state index contributed by atoms with van der Waals surface area (Å²) in [5, 5.41) is 3.44. The third kappa shape index (κ3) is 4.05. The summed E-state index contributed by atoms with van der Waals surface area (Å²) in [7, 11) is 3.59. The first kappa shape index (κ1) is 15.0. The van der Waals surface area contributed by atoms with Crippen LogP contribution in [0.1, 0.15) is 35.2 Å². The predicted octanol–water partition coefficient (Wildman–Crippen LogP) is 2.05.